The van der Waals surface area contributed by atoms with E-state index < -0.39 is 10.0 Å². The van der Waals surface area contributed by atoms with Crippen LogP contribution in [0.1, 0.15) is 12.5 Å². The quantitative estimate of drug-likeness (QED) is 0.888. The second-order valence-corrected chi connectivity index (χ2v) is 6.47. The largest absolute Gasteiger partial charge is 0.312 e. The lowest BCUT2D eigenvalue weighted by Gasteiger charge is -2.15. The predicted octanol–water partition coefficient (Wildman–Crippen LogP) is 1.12. The number of benzene rings is 1. The summed E-state index contributed by atoms with van der Waals surface area (Å²) < 4.78 is 27.0. The summed E-state index contributed by atoms with van der Waals surface area (Å²) >= 11 is 0. The van der Waals surface area contributed by atoms with Crippen molar-refractivity contribution >= 4 is 27.4 Å². The molecule has 1 aliphatic rings. The molecule has 8 heteroatoms. The van der Waals surface area contributed by atoms with Gasteiger partial charge in [0.05, 0.1) is 11.1 Å². The summed E-state index contributed by atoms with van der Waals surface area (Å²) in [5.74, 6) is 0.198. The van der Waals surface area contributed by atoms with Gasteiger partial charge in [0.1, 0.15) is 5.82 Å². The van der Waals surface area contributed by atoms with Gasteiger partial charge < -0.3 is 4.90 Å². The van der Waals surface area contributed by atoms with E-state index in [0.717, 1.165) is 12.0 Å². The fourth-order valence-corrected chi connectivity index (χ4v) is 3.40. The van der Waals surface area contributed by atoms with Crippen molar-refractivity contribution < 1.29 is 13.2 Å². The summed E-state index contributed by atoms with van der Waals surface area (Å²) in [5, 5.41) is 6.23. The third-order valence-electron chi connectivity index (χ3n) is 3.39. The van der Waals surface area contributed by atoms with Crippen LogP contribution in [0, 0.1) is 0 Å². The first-order chi connectivity index (χ1) is 9.97. The van der Waals surface area contributed by atoms with Crippen LogP contribution in [0.2, 0.25) is 0 Å². The molecule has 1 amide bonds. The molecule has 0 bridgehead atoms. The molecule has 1 aliphatic heterocycles. The Kier molecular flexibility index (Phi) is 3.17. The van der Waals surface area contributed by atoms with Gasteiger partial charge in [-0.25, -0.2) is 8.42 Å². The summed E-state index contributed by atoms with van der Waals surface area (Å²) in [7, 11) is -3.71. The number of anilines is 2. The highest BCUT2D eigenvalue weighted by molar-refractivity contribution is 7.92. The Balaban J connectivity index is 1.97. The van der Waals surface area contributed by atoms with E-state index in [1.807, 2.05) is 0 Å². The highest BCUT2D eigenvalue weighted by Crippen LogP contribution is 2.31. The van der Waals surface area contributed by atoms with Crippen molar-refractivity contribution in [3.05, 3.63) is 36.0 Å². The van der Waals surface area contributed by atoms with Crippen molar-refractivity contribution in [2.75, 3.05) is 16.2 Å². The minimum atomic E-state index is -3.71. The number of H-pyrrole nitrogens is 1. The number of nitrogens with one attached hydrogen (secondary N) is 2. The van der Waals surface area contributed by atoms with Crippen molar-refractivity contribution in [2.24, 2.45) is 0 Å². The third-order valence-corrected chi connectivity index (χ3v) is 4.75. The maximum absolute atomic E-state index is 12.3. The van der Waals surface area contributed by atoms with E-state index in [9.17, 15) is 13.2 Å². The standard InChI is InChI=1S/C13H14N4O3S/c1-9(18)17-7-5-10-2-3-11(8-12(10)17)21(19,20)16-13-4-6-14-15-13/h2-4,6,8H,5,7H2,1H3,(H2,14,15,16). The van der Waals surface area contributed by atoms with Crippen LogP contribution < -0.4 is 9.62 Å². The summed E-state index contributed by atoms with van der Waals surface area (Å²) in [4.78, 5) is 13.3. The van der Waals surface area contributed by atoms with E-state index >= 15 is 0 Å². The number of rotatable bonds is 3. The van der Waals surface area contributed by atoms with Crippen LogP contribution in [-0.2, 0) is 21.2 Å². The normalized spacial score (nSPS) is 14.0. The molecule has 0 saturated carbocycles. The van der Waals surface area contributed by atoms with Crippen molar-refractivity contribution in [3.8, 4) is 0 Å². The van der Waals surface area contributed by atoms with Crippen LogP contribution in [-0.4, -0.2) is 31.1 Å². The molecule has 0 saturated heterocycles. The molecule has 21 heavy (non-hydrogen) atoms. The van der Waals surface area contributed by atoms with Gasteiger partial charge in [-0.3, -0.25) is 14.6 Å². The molecule has 0 unspecified atom stereocenters. The smallest absolute Gasteiger partial charge is 0.263 e. The molecule has 7 nitrogen and oxygen atoms in total. The molecule has 2 aromatic rings. The fraction of sp³-hybridized carbons (Fsp3) is 0.231. The van der Waals surface area contributed by atoms with Crippen LogP contribution >= 0.6 is 0 Å². The van der Waals surface area contributed by atoms with Gasteiger partial charge in [0.2, 0.25) is 5.91 Å². The number of fused-ring (bicyclic) bond motifs is 1. The molecule has 2 heterocycles. The van der Waals surface area contributed by atoms with Gasteiger partial charge in [-0.15, -0.1) is 0 Å². The van der Waals surface area contributed by atoms with Crippen LogP contribution in [0.25, 0.3) is 0 Å². The number of carbonyl (C=O) groups excluding carboxylic acids is 1. The molecule has 1 aromatic carbocycles. The molecule has 1 aromatic heterocycles. The van der Waals surface area contributed by atoms with Crippen LogP contribution in [0.3, 0.4) is 0 Å². The van der Waals surface area contributed by atoms with E-state index in [-0.39, 0.29) is 10.8 Å². The Morgan fingerprint density at radius 1 is 1.38 bits per heavy atom. The van der Waals surface area contributed by atoms with Crippen molar-refractivity contribution in [1.82, 2.24) is 10.2 Å². The molecule has 0 radical (unpaired) electrons. The third kappa shape index (κ3) is 2.49. The lowest BCUT2D eigenvalue weighted by atomic mass is 10.2. The summed E-state index contributed by atoms with van der Waals surface area (Å²) in [6.07, 6.45) is 2.20. The number of aromatic nitrogens is 2. The number of hydrogen-bond acceptors (Lipinski definition) is 4. The molecule has 2 N–H and O–H groups in total. The number of amides is 1. The number of aromatic amines is 1. The van der Waals surface area contributed by atoms with Crippen LogP contribution in [0.5, 0.6) is 0 Å². The minimum Gasteiger partial charge on any atom is -0.312 e. The minimum absolute atomic E-state index is 0.0928. The summed E-state index contributed by atoms with van der Waals surface area (Å²) in [5.41, 5.74) is 1.64. The second-order valence-electron chi connectivity index (χ2n) is 4.79. The van der Waals surface area contributed by atoms with Gasteiger partial charge in [-0.05, 0) is 24.1 Å². The lowest BCUT2D eigenvalue weighted by Crippen LogP contribution is -2.26. The summed E-state index contributed by atoms with van der Waals surface area (Å²) in [6.45, 7) is 2.06. The van der Waals surface area contributed by atoms with Crippen molar-refractivity contribution in [3.63, 3.8) is 0 Å². The SMILES string of the molecule is CC(=O)N1CCc2ccc(S(=O)(=O)Nc3ccn[nH]3)cc21. The molecule has 3 rings (SSSR count). The van der Waals surface area contributed by atoms with Crippen LogP contribution in [0.15, 0.2) is 35.4 Å². The molecule has 0 atom stereocenters. The van der Waals surface area contributed by atoms with Gasteiger partial charge in [-0.1, -0.05) is 6.07 Å². The Bertz CT molecular complexity index is 784. The zero-order chi connectivity index (χ0) is 15.0. The van der Waals surface area contributed by atoms with Gasteiger partial charge in [0.15, 0.2) is 0 Å². The first kappa shape index (κ1) is 13.6. The van der Waals surface area contributed by atoms with Gasteiger partial charge >= 0.3 is 0 Å². The zero-order valence-electron chi connectivity index (χ0n) is 11.3. The average Bonchev–Trinajstić information content (AvgIpc) is 3.05. The zero-order valence-corrected chi connectivity index (χ0v) is 12.1. The van der Waals surface area contributed by atoms with Crippen molar-refractivity contribution in [1.29, 1.82) is 0 Å². The molecular formula is C13H14N4O3S. The topological polar surface area (TPSA) is 95.2 Å². The van der Waals surface area contributed by atoms with Gasteiger partial charge in [0.25, 0.3) is 10.0 Å². The molecule has 0 aliphatic carbocycles. The number of sulfonamides is 1. The molecule has 110 valence electrons. The predicted molar refractivity (Wildman–Crippen MR) is 77.6 cm³/mol. The van der Waals surface area contributed by atoms with E-state index in [0.29, 0.717) is 18.1 Å². The molecule has 0 spiro atoms. The maximum Gasteiger partial charge on any atom is 0.263 e. The molecular weight excluding hydrogens is 292 g/mol. The second kappa shape index (κ2) is 4.88. The number of nitrogens with zero attached hydrogens (tertiary/aromatic N) is 2. The van der Waals surface area contributed by atoms with E-state index in [1.54, 1.807) is 17.0 Å². The highest BCUT2D eigenvalue weighted by atomic mass is 32.2. The Morgan fingerprint density at radius 2 is 2.19 bits per heavy atom. The lowest BCUT2D eigenvalue weighted by molar-refractivity contribution is -0.116. The first-order valence-corrected chi connectivity index (χ1v) is 7.89. The van der Waals surface area contributed by atoms with Crippen molar-refractivity contribution in [2.45, 2.75) is 18.2 Å². The average molecular weight is 306 g/mol. The van der Waals surface area contributed by atoms with Gasteiger partial charge in [0, 0.05) is 25.2 Å². The summed E-state index contributed by atoms with van der Waals surface area (Å²) in [6, 6.07) is 6.34. The Hall–Kier alpha value is -2.35. The molecule has 0 fully saturated rings. The van der Waals surface area contributed by atoms with Gasteiger partial charge in [-0.2, -0.15) is 5.10 Å². The number of hydrogen-bond donors (Lipinski definition) is 2. The highest BCUT2D eigenvalue weighted by Gasteiger charge is 2.25. The van der Waals surface area contributed by atoms with Crippen LogP contribution in [0.4, 0.5) is 11.5 Å². The van der Waals surface area contributed by atoms with E-state index in [2.05, 4.69) is 14.9 Å². The van der Waals surface area contributed by atoms with E-state index in [4.69, 9.17) is 0 Å². The Morgan fingerprint density at radius 3 is 2.86 bits per heavy atom. The fourth-order valence-electron chi connectivity index (χ4n) is 2.37. The maximum atomic E-state index is 12.3. The van der Waals surface area contributed by atoms with E-state index in [1.165, 1.54) is 25.3 Å². The Labute approximate surface area is 122 Å². The monoisotopic (exact) mass is 306 g/mol. The first-order valence-electron chi connectivity index (χ1n) is 6.40. The number of carbonyl (C=O) groups is 1.